The molecule has 0 radical (unpaired) electrons. The average Bonchev–Trinajstić information content (AvgIpc) is 2.99. The maximum Gasteiger partial charge on any atom is 0.0526 e. The van der Waals surface area contributed by atoms with E-state index in [1.165, 1.54) is 24.9 Å². The molecule has 2 aliphatic rings. The molecule has 3 rings (SSSR count). The van der Waals surface area contributed by atoms with Crippen LogP contribution in [0.5, 0.6) is 0 Å². The molecule has 1 aromatic rings. The van der Waals surface area contributed by atoms with Gasteiger partial charge in [-0.3, -0.25) is 0 Å². The molecule has 1 heterocycles. The lowest BCUT2D eigenvalue weighted by Crippen LogP contribution is -2.34. The Hall–Kier alpha value is -0.250. The molecule has 4 heteroatoms. The quantitative estimate of drug-likeness (QED) is 0.919. The van der Waals surface area contributed by atoms with Crippen LogP contribution in [-0.4, -0.2) is 25.2 Å². The van der Waals surface area contributed by atoms with Gasteiger partial charge in [-0.1, -0.05) is 11.6 Å². The lowest BCUT2D eigenvalue weighted by atomic mass is 10.2. The zero-order valence-electron chi connectivity index (χ0n) is 9.63. The van der Waals surface area contributed by atoms with Crippen LogP contribution in [0.3, 0.4) is 0 Å². The summed E-state index contributed by atoms with van der Waals surface area (Å²) in [5.74, 6) is 0. The summed E-state index contributed by atoms with van der Waals surface area (Å²) < 4.78 is 1.13. The number of nitrogens with zero attached hydrogens (tertiary/aromatic N) is 1. The summed E-state index contributed by atoms with van der Waals surface area (Å²) >= 11 is 9.67. The average molecular weight is 316 g/mol. The molecule has 1 saturated heterocycles. The Bertz CT molecular complexity index is 420. The molecule has 0 amide bonds. The van der Waals surface area contributed by atoms with Crippen LogP contribution in [0.25, 0.3) is 0 Å². The summed E-state index contributed by atoms with van der Waals surface area (Å²) in [5, 5.41) is 4.50. The van der Waals surface area contributed by atoms with E-state index in [9.17, 15) is 0 Å². The Labute approximate surface area is 115 Å². The molecule has 92 valence electrons. The van der Waals surface area contributed by atoms with E-state index < -0.39 is 0 Å². The lowest BCUT2D eigenvalue weighted by molar-refractivity contribution is 0.548. The summed E-state index contributed by atoms with van der Waals surface area (Å²) in [5.41, 5.74) is 1.22. The molecular weight excluding hydrogens is 300 g/mol. The summed E-state index contributed by atoms with van der Waals surface area (Å²) in [6, 6.07) is 7.44. The van der Waals surface area contributed by atoms with E-state index in [0.717, 1.165) is 28.6 Å². The van der Waals surface area contributed by atoms with Crippen LogP contribution in [0.4, 0.5) is 5.69 Å². The number of hydrogen-bond donors (Lipinski definition) is 1. The summed E-state index contributed by atoms with van der Waals surface area (Å²) in [6.45, 7) is 2.21. The van der Waals surface area contributed by atoms with Gasteiger partial charge in [0.2, 0.25) is 0 Å². The molecule has 2 fully saturated rings. The first-order valence-electron chi connectivity index (χ1n) is 6.18. The van der Waals surface area contributed by atoms with E-state index in [1.807, 2.05) is 18.2 Å². The number of hydrogen-bond acceptors (Lipinski definition) is 2. The molecule has 0 bridgehead atoms. The van der Waals surface area contributed by atoms with Crippen molar-refractivity contribution in [3.05, 3.63) is 27.7 Å². The fourth-order valence-electron chi connectivity index (χ4n) is 2.43. The molecule has 1 aromatic carbocycles. The van der Waals surface area contributed by atoms with Gasteiger partial charge in [-0.2, -0.15) is 0 Å². The van der Waals surface area contributed by atoms with Crippen molar-refractivity contribution in [2.45, 2.75) is 31.3 Å². The van der Waals surface area contributed by atoms with Crippen molar-refractivity contribution < 1.29 is 0 Å². The standard InChI is InChI=1S/C13H16BrClN2/c14-12-4-1-9(15)7-13(12)17-6-5-11(8-17)16-10-2-3-10/h1,4,7,10-11,16H,2-3,5-6,8H2. The molecule has 17 heavy (non-hydrogen) atoms. The predicted octanol–water partition coefficient (Wildman–Crippen LogP) is 3.43. The second-order valence-electron chi connectivity index (χ2n) is 4.97. The lowest BCUT2D eigenvalue weighted by Gasteiger charge is -2.20. The predicted molar refractivity (Wildman–Crippen MR) is 75.9 cm³/mol. The fourth-order valence-corrected chi connectivity index (χ4v) is 3.09. The highest BCUT2D eigenvalue weighted by molar-refractivity contribution is 9.10. The Morgan fingerprint density at radius 1 is 1.24 bits per heavy atom. The van der Waals surface area contributed by atoms with E-state index in [-0.39, 0.29) is 0 Å². The Morgan fingerprint density at radius 2 is 2.06 bits per heavy atom. The second-order valence-corrected chi connectivity index (χ2v) is 6.26. The SMILES string of the molecule is Clc1ccc(Br)c(N2CCC(NC3CC3)C2)c1. The van der Waals surface area contributed by atoms with Gasteiger partial charge in [0.25, 0.3) is 0 Å². The van der Waals surface area contributed by atoms with Gasteiger partial charge >= 0.3 is 0 Å². The highest BCUT2D eigenvalue weighted by Gasteiger charge is 2.29. The molecule has 1 unspecified atom stereocenters. The third-order valence-corrected chi connectivity index (χ3v) is 4.39. The summed E-state index contributed by atoms with van der Waals surface area (Å²) in [7, 11) is 0. The van der Waals surface area contributed by atoms with Gasteiger partial charge in [-0.05, 0) is 53.4 Å². The highest BCUT2D eigenvalue weighted by Crippen LogP contribution is 2.32. The number of halogens is 2. The van der Waals surface area contributed by atoms with Crippen molar-refractivity contribution in [3.8, 4) is 0 Å². The van der Waals surface area contributed by atoms with Crippen molar-refractivity contribution in [1.82, 2.24) is 5.32 Å². The molecule has 0 spiro atoms. The first-order chi connectivity index (χ1) is 8.22. The third-order valence-electron chi connectivity index (χ3n) is 3.49. The van der Waals surface area contributed by atoms with Gasteiger partial charge in [0.05, 0.1) is 5.69 Å². The van der Waals surface area contributed by atoms with Crippen LogP contribution in [0.2, 0.25) is 5.02 Å². The highest BCUT2D eigenvalue weighted by atomic mass is 79.9. The van der Waals surface area contributed by atoms with Crippen LogP contribution >= 0.6 is 27.5 Å². The van der Waals surface area contributed by atoms with E-state index in [2.05, 4.69) is 26.1 Å². The minimum Gasteiger partial charge on any atom is -0.369 e. The van der Waals surface area contributed by atoms with Gasteiger partial charge < -0.3 is 10.2 Å². The normalized spacial score (nSPS) is 24.4. The van der Waals surface area contributed by atoms with Gasteiger partial charge in [0.1, 0.15) is 0 Å². The van der Waals surface area contributed by atoms with Crippen LogP contribution in [0, 0.1) is 0 Å². The smallest absolute Gasteiger partial charge is 0.0526 e. The van der Waals surface area contributed by atoms with Gasteiger partial charge in [-0.15, -0.1) is 0 Å². The number of anilines is 1. The largest absolute Gasteiger partial charge is 0.369 e. The van der Waals surface area contributed by atoms with Crippen LogP contribution < -0.4 is 10.2 Å². The van der Waals surface area contributed by atoms with E-state index >= 15 is 0 Å². The molecule has 1 N–H and O–H groups in total. The van der Waals surface area contributed by atoms with Crippen LogP contribution in [-0.2, 0) is 0 Å². The van der Waals surface area contributed by atoms with Gasteiger partial charge in [0, 0.05) is 34.7 Å². The fraction of sp³-hybridized carbons (Fsp3) is 0.538. The first kappa shape index (κ1) is 11.8. The molecule has 2 nitrogen and oxygen atoms in total. The molecule has 1 aliphatic carbocycles. The molecule has 1 aliphatic heterocycles. The van der Waals surface area contributed by atoms with E-state index in [0.29, 0.717) is 6.04 Å². The van der Waals surface area contributed by atoms with Crippen molar-refractivity contribution >= 4 is 33.2 Å². The summed E-state index contributed by atoms with van der Waals surface area (Å²) in [4.78, 5) is 2.41. The Morgan fingerprint density at radius 3 is 2.82 bits per heavy atom. The van der Waals surface area contributed by atoms with Crippen molar-refractivity contribution in [2.75, 3.05) is 18.0 Å². The molecule has 0 aromatic heterocycles. The first-order valence-corrected chi connectivity index (χ1v) is 7.35. The minimum atomic E-state index is 0.647. The number of rotatable bonds is 3. The van der Waals surface area contributed by atoms with Gasteiger partial charge in [-0.25, -0.2) is 0 Å². The second kappa shape index (κ2) is 4.79. The summed E-state index contributed by atoms with van der Waals surface area (Å²) in [6.07, 6.45) is 3.95. The topological polar surface area (TPSA) is 15.3 Å². The zero-order chi connectivity index (χ0) is 11.8. The maximum absolute atomic E-state index is 6.06. The van der Waals surface area contributed by atoms with Crippen LogP contribution in [0.15, 0.2) is 22.7 Å². The Balaban J connectivity index is 1.69. The third kappa shape index (κ3) is 2.78. The number of nitrogens with one attached hydrogen (secondary N) is 1. The zero-order valence-corrected chi connectivity index (χ0v) is 12.0. The maximum atomic E-state index is 6.06. The monoisotopic (exact) mass is 314 g/mol. The molecule has 1 atom stereocenters. The van der Waals surface area contributed by atoms with Gasteiger partial charge in [0.15, 0.2) is 0 Å². The molecular formula is C13H16BrClN2. The van der Waals surface area contributed by atoms with E-state index in [4.69, 9.17) is 11.6 Å². The van der Waals surface area contributed by atoms with Crippen molar-refractivity contribution in [2.24, 2.45) is 0 Å². The minimum absolute atomic E-state index is 0.647. The molecule has 1 saturated carbocycles. The van der Waals surface area contributed by atoms with Crippen molar-refractivity contribution in [3.63, 3.8) is 0 Å². The van der Waals surface area contributed by atoms with E-state index in [1.54, 1.807) is 0 Å². The van der Waals surface area contributed by atoms with Crippen LogP contribution in [0.1, 0.15) is 19.3 Å². The number of benzene rings is 1. The Kier molecular flexibility index (Phi) is 3.33. The van der Waals surface area contributed by atoms with Crippen molar-refractivity contribution in [1.29, 1.82) is 0 Å².